The highest BCUT2D eigenvalue weighted by molar-refractivity contribution is 6.10. The van der Waals surface area contributed by atoms with Gasteiger partial charge in [0.05, 0.1) is 13.2 Å². The first-order valence-electron chi connectivity index (χ1n) is 6.31. The number of carbonyl (C=O) groups excluding carboxylic acids is 2. The van der Waals surface area contributed by atoms with E-state index in [0.717, 1.165) is 4.90 Å². The Labute approximate surface area is 117 Å². The number of amides is 2. The molecule has 4 heteroatoms. The van der Waals surface area contributed by atoms with Gasteiger partial charge >= 0.3 is 0 Å². The SMILES string of the molecule is O=C(c1ccccc1)N(CCO)C(=O)c1ccccc1. The zero-order chi connectivity index (χ0) is 14.4. The third kappa shape index (κ3) is 3.10. The van der Waals surface area contributed by atoms with Crippen LogP contribution in [0.2, 0.25) is 0 Å². The van der Waals surface area contributed by atoms with Gasteiger partial charge in [0.1, 0.15) is 0 Å². The Morgan fingerprint density at radius 2 is 1.20 bits per heavy atom. The van der Waals surface area contributed by atoms with E-state index in [1.165, 1.54) is 0 Å². The summed E-state index contributed by atoms with van der Waals surface area (Å²) in [6, 6.07) is 17.1. The van der Waals surface area contributed by atoms with Crippen molar-refractivity contribution in [1.29, 1.82) is 0 Å². The monoisotopic (exact) mass is 269 g/mol. The molecule has 0 unspecified atom stereocenters. The van der Waals surface area contributed by atoms with Gasteiger partial charge in [0.25, 0.3) is 11.8 Å². The molecular formula is C16H15NO3. The molecule has 2 amide bonds. The van der Waals surface area contributed by atoms with Crippen LogP contribution in [0.15, 0.2) is 60.7 Å². The summed E-state index contributed by atoms with van der Waals surface area (Å²) in [5.41, 5.74) is 0.843. The Bertz CT molecular complexity index is 530. The highest BCUT2D eigenvalue weighted by Gasteiger charge is 2.23. The molecule has 20 heavy (non-hydrogen) atoms. The maximum atomic E-state index is 12.3. The molecule has 1 N–H and O–H groups in total. The van der Waals surface area contributed by atoms with Crippen molar-refractivity contribution in [2.75, 3.05) is 13.2 Å². The Kier molecular flexibility index (Phi) is 4.63. The molecule has 0 saturated carbocycles. The average molecular weight is 269 g/mol. The van der Waals surface area contributed by atoms with E-state index >= 15 is 0 Å². The molecule has 2 rings (SSSR count). The van der Waals surface area contributed by atoms with Crippen molar-refractivity contribution >= 4 is 11.8 Å². The molecule has 0 atom stereocenters. The number of hydrogen-bond donors (Lipinski definition) is 1. The Balaban J connectivity index is 2.27. The Morgan fingerprint density at radius 3 is 1.55 bits per heavy atom. The predicted octanol–water partition coefficient (Wildman–Crippen LogP) is 1.96. The molecule has 102 valence electrons. The van der Waals surface area contributed by atoms with Gasteiger partial charge in [-0.25, -0.2) is 0 Å². The molecule has 2 aromatic rings. The van der Waals surface area contributed by atoms with E-state index in [1.54, 1.807) is 60.7 Å². The van der Waals surface area contributed by atoms with E-state index < -0.39 is 11.8 Å². The number of nitrogens with zero attached hydrogens (tertiary/aromatic N) is 1. The third-order valence-corrected chi connectivity index (χ3v) is 2.86. The van der Waals surface area contributed by atoms with Crippen LogP contribution in [0.3, 0.4) is 0 Å². The van der Waals surface area contributed by atoms with Crippen LogP contribution in [0.5, 0.6) is 0 Å². The summed E-state index contributed by atoms with van der Waals surface area (Å²) >= 11 is 0. The fourth-order valence-electron chi connectivity index (χ4n) is 1.87. The summed E-state index contributed by atoms with van der Waals surface area (Å²) in [6.07, 6.45) is 0. The lowest BCUT2D eigenvalue weighted by atomic mass is 10.1. The van der Waals surface area contributed by atoms with E-state index in [0.29, 0.717) is 11.1 Å². The lowest BCUT2D eigenvalue weighted by Gasteiger charge is -2.20. The summed E-state index contributed by atoms with van der Waals surface area (Å²) in [5.74, 6) is -0.818. The number of rotatable bonds is 4. The number of imide groups is 1. The first-order chi connectivity index (χ1) is 9.74. The van der Waals surface area contributed by atoms with Crippen molar-refractivity contribution < 1.29 is 14.7 Å². The minimum Gasteiger partial charge on any atom is -0.395 e. The topological polar surface area (TPSA) is 57.6 Å². The molecule has 0 aliphatic heterocycles. The van der Waals surface area contributed by atoms with Gasteiger partial charge in [0, 0.05) is 11.1 Å². The fourth-order valence-corrected chi connectivity index (χ4v) is 1.87. The van der Waals surface area contributed by atoms with Crippen LogP contribution in [0.4, 0.5) is 0 Å². The lowest BCUT2D eigenvalue weighted by Crippen LogP contribution is -2.39. The van der Waals surface area contributed by atoms with Crippen molar-refractivity contribution in [3.05, 3.63) is 71.8 Å². The number of hydrogen-bond acceptors (Lipinski definition) is 3. The van der Waals surface area contributed by atoms with Gasteiger partial charge in [-0.3, -0.25) is 14.5 Å². The van der Waals surface area contributed by atoms with Crippen LogP contribution in [-0.4, -0.2) is 35.0 Å². The van der Waals surface area contributed by atoms with Gasteiger partial charge in [0.2, 0.25) is 0 Å². The molecular weight excluding hydrogens is 254 g/mol. The molecule has 0 heterocycles. The Hall–Kier alpha value is -2.46. The van der Waals surface area contributed by atoms with Crippen molar-refractivity contribution in [3.8, 4) is 0 Å². The normalized spacial score (nSPS) is 10.1. The van der Waals surface area contributed by atoms with Gasteiger partial charge in [-0.05, 0) is 24.3 Å². The van der Waals surface area contributed by atoms with E-state index in [9.17, 15) is 9.59 Å². The highest BCUT2D eigenvalue weighted by Crippen LogP contribution is 2.10. The van der Waals surface area contributed by atoms with Crippen LogP contribution < -0.4 is 0 Å². The van der Waals surface area contributed by atoms with Crippen LogP contribution in [-0.2, 0) is 0 Å². The summed E-state index contributed by atoms with van der Waals surface area (Å²) in [6.45, 7) is -0.293. The molecule has 0 spiro atoms. The zero-order valence-corrected chi connectivity index (χ0v) is 10.9. The predicted molar refractivity (Wildman–Crippen MR) is 75.3 cm³/mol. The minimum absolute atomic E-state index is 0.0263. The summed E-state index contributed by atoms with van der Waals surface area (Å²) in [7, 11) is 0. The van der Waals surface area contributed by atoms with Crippen LogP contribution in [0, 0.1) is 0 Å². The molecule has 0 aliphatic rings. The Morgan fingerprint density at radius 1 is 0.800 bits per heavy atom. The second-order valence-electron chi connectivity index (χ2n) is 4.22. The zero-order valence-electron chi connectivity index (χ0n) is 10.9. The molecule has 0 saturated heterocycles. The highest BCUT2D eigenvalue weighted by atomic mass is 16.3. The lowest BCUT2D eigenvalue weighted by molar-refractivity contribution is 0.0586. The van der Waals surface area contributed by atoms with E-state index in [-0.39, 0.29) is 13.2 Å². The average Bonchev–Trinajstić information content (AvgIpc) is 2.53. The molecule has 2 aromatic carbocycles. The standard InChI is InChI=1S/C16H15NO3/c18-12-11-17(15(19)13-7-3-1-4-8-13)16(20)14-9-5-2-6-10-14/h1-10,18H,11-12H2. The van der Waals surface area contributed by atoms with Gasteiger partial charge in [-0.2, -0.15) is 0 Å². The smallest absolute Gasteiger partial charge is 0.260 e. The number of aliphatic hydroxyl groups excluding tert-OH is 1. The number of carbonyl (C=O) groups is 2. The largest absolute Gasteiger partial charge is 0.395 e. The summed E-state index contributed by atoms with van der Waals surface area (Å²) < 4.78 is 0. The van der Waals surface area contributed by atoms with Crippen molar-refractivity contribution in [2.45, 2.75) is 0 Å². The minimum atomic E-state index is -0.409. The third-order valence-electron chi connectivity index (χ3n) is 2.86. The molecule has 0 fully saturated rings. The number of aliphatic hydroxyl groups is 1. The second-order valence-corrected chi connectivity index (χ2v) is 4.22. The van der Waals surface area contributed by atoms with Crippen molar-refractivity contribution in [3.63, 3.8) is 0 Å². The van der Waals surface area contributed by atoms with Crippen LogP contribution >= 0.6 is 0 Å². The van der Waals surface area contributed by atoms with Crippen LogP contribution in [0.1, 0.15) is 20.7 Å². The van der Waals surface area contributed by atoms with Crippen LogP contribution in [0.25, 0.3) is 0 Å². The van der Waals surface area contributed by atoms with Crippen molar-refractivity contribution in [2.24, 2.45) is 0 Å². The molecule has 0 aliphatic carbocycles. The van der Waals surface area contributed by atoms with E-state index in [1.807, 2.05) is 0 Å². The first kappa shape index (κ1) is 14.0. The van der Waals surface area contributed by atoms with Gasteiger partial charge in [0.15, 0.2) is 0 Å². The summed E-state index contributed by atoms with van der Waals surface area (Å²) in [4.78, 5) is 25.7. The second kappa shape index (κ2) is 6.63. The fraction of sp³-hybridized carbons (Fsp3) is 0.125. The summed E-state index contributed by atoms with van der Waals surface area (Å²) in [5, 5.41) is 9.08. The van der Waals surface area contributed by atoms with Gasteiger partial charge in [-0.1, -0.05) is 36.4 Å². The number of benzene rings is 2. The maximum absolute atomic E-state index is 12.3. The van der Waals surface area contributed by atoms with E-state index in [2.05, 4.69) is 0 Å². The van der Waals surface area contributed by atoms with Gasteiger partial charge in [-0.15, -0.1) is 0 Å². The molecule has 0 radical (unpaired) electrons. The quantitative estimate of drug-likeness (QED) is 0.863. The maximum Gasteiger partial charge on any atom is 0.260 e. The molecule has 0 bridgehead atoms. The van der Waals surface area contributed by atoms with Crippen molar-refractivity contribution in [1.82, 2.24) is 4.90 Å². The van der Waals surface area contributed by atoms with Gasteiger partial charge < -0.3 is 5.11 Å². The first-order valence-corrected chi connectivity index (χ1v) is 6.31. The molecule has 4 nitrogen and oxygen atoms in total. The van der Waals surface area contributed by atoms with E-state index in [4.69, 9.17) is 5.11 Å². The molecule has 0 aromatic heterocycles.